The van der Waals surface area contributed by atoms with Crippen molar-refractivity contribution in [1.29, 1.82) is 0 Å². The van der Waals surface area contributed by atoms with Crippen LogP contribution in [0, 0.1) is 6.92 Å². The molecule has 1 heterocycles. The first-order valence-corrected chi connectivity index (χ1v) is 9.51. The number of benzene rings is 2. The van der Waals surface area contributed by atoms with Gasteiger partial charge in [-0.15, -0.1) is 0 Å². The number of anilines is 1. The van der Waals surface area contributed by atoms with Crippen molar-refractivity contribution in [2.45, 2.75) is 38.5 Å². The first-order chi connectivity index (χ1) is 13.5. The van der Waals surface area contributed by atoms with Gasteiger partial charge in [0.1, 0.15) is 0 Å². The fraction of sp³-hybridized carbons (Fsp3) is 0.261. The Bertz CT molecular complexity index is 988. The Morgan fingerprint density at radius 3 is 2.32 bits per heavy atom. The third-order valence-electron chi connectivity index (χ3n) is 5.56. The summed E-state index contributed by atoms with van der Waals surface area (Å²) in [6.45, 7) is 2.02. The minimum Gasteiger partial charge on any atom is -0.366 e. The highest BCUT2D eigenvalue weighted by molar-refractivity contribution is 6.07. The van der Waals surface area contributed by atoms with Crippen LogP contribution in [0.1, 0.15) is 53.1 Å². The molecule has 0 bridgehead atoms. The monoisotopic (exact) mass is 374 g/mol. The number of hydrogen-bond donors (Lipinski definition) is 1. The van der Waals surface area contributed by atoms with Gasteiger partial charge in [-0.1, -0.05) is 29.8 Å². The van der Waals surface area contributed by atoms with Gasteiger partial charge >= 0.3 is 0 Å². The summed E-state index contributed by atoms with van der Waals surface area (Å²) in [5.41, 5.74) is 10.1. The SMILES string of the molecule is Cc1ccc(C2CC(=O)N(c3ccc(C(N)=O)cc3)C3=C2C(=O)CCC3)cc1. The van der Waals surface area contributed by atoms with Crippen molar-refractivity contribution in [2.24, 2.45) is 5.73 Å². The van der Waals surface area contributed by atoms with Crippen molar-refractivity contribution >= 4 is 23.3 Å². The summed E-state index contributed by atoms with van der Waals surface area (Å²) >= 11 is 0. The standard InChI is InChI=1S/C23H22N2O3/c1-14-5-7-15(8-6-14)18-13-21(27)25(19-3-2-4-20(26)22(18)19)17-11-9-16(10-12-17)23(24)28/h5-12,18H,2-4,13H2,1H3,(H2,24,28). The maximum atomic E-state index is 13.1. The van der Waals surface area contributed by atoms with Gasteiger partial charge < -0.3 is 5.73 Å². The van der Waals surface area contributed by atoms with E-state index in [1.54, 1.807) is 29.2 Å². The number of carbonyl (C=O) groups is 3. The Labute approximate surface area is 163 Å². The molecular weight excluding hydrogens is 352 g/mol. The van der Waals surface area contributed by atoms with E-state index in [0.717, 1.165) is 28.8 Å². The van der Waals surface area contributed by atoms with E-state index in [0.29, 0.717) is 24.1 Å². The van der Waals surface area contributed by atoms with Crippen molar-refractivity contribution in [3.8, 4) is 0 Å². The van der Waals surface area contributed by atoms with E-state index < -0.39 is 5.91 Å². The van der Waals surface area contributed by atoms with Crippen LogP contribution in [0.2, 0.25) is 0 Å². The van der Waals surface area contributed by atoms with E-state index in [2.05, 4.69) is 0 Å². The highest BCUT2D eigenvalue weighted by Crippen LogP contribution is 2.43. The Hall–Kier alpha value is -3.21. The molecule has 1 aliphatic carbocycles. The first kappa shape index (κ1) is 18.2. The summed E-state index contributed by atoms with van der Waals surface area (Å²) < 4.78 is 0. The molecule has 1 unspecified atom stereocenters. The molecule has 2 aromatic rings. The van der Waals surface area contributed by atoms with Crippen molar-refractivity contribution in [1.82, 2.24) is 0 Å². The molecule has 2 N–H and O–H groups in total. The van der Waals surface area contributed by atoms with Crippen molar-refractivity contribution < 1.29 is 14.4 Å². The zero-order chi connectivity index (χ0) is 19.8. The van der Waals surface area contributed by atoms with E-state index in [4.69, 9.17) is 5.73 Å². The Balaban J connectivity index is 1.80. The molecule has 2 aliphatic rings. The van der Waals surface area contributed by atoms with Crippen LogP contribution in [-0.2, 0) is 9.59 Å². The summed E-state index contributed by atoms with van der Waals surface area (Å²) in [7, 11) is 0. The highest BCUT2D eigenvalue weighted by Gasteiger charge is 2.39. The minimum atomic E-state index is -0.510. The lowest BCUT2D eigenvalue weighted by molar-refractivity contribution is -0.119. The molecule has 2 aromatic carbocycles. The van der Waals surface area contributed by atoms with Crippen LogP contribution < -0.4 is 10.6 Å². The summed E-state index contributed by atoms with van der Waals surface area (Å²) in [4.78, 5) is 39.0. The van der Waals surface area contributed by atoms with Crippen LogP contribution in [0.25, 0.3) is 0 Å². The number of ketones is 1. The lowest BCUT2D eigenvalue weighted by atomic mass is 9.77. The second kappa shape index (κ2) is 7.08. The number of rotatable bonds is 3. The van der Waals surface area contributed by atoms with Gasteiger partial charge in [0.15, 0.2) is 5.78 Å². The fourth-order valence-electron chi connectivity index (χ4n) is 4.15. The molecule has 0 spiro atoms. The highest BCUT2D eigenvalue weighted by atomic mass is 16.2. The summed E-state index contributed by atoms with van der Waals surface area (Å²) in [6, 6.07) is 14.7. The molecule has 5 heteroatoms. The average Bonchev–Trinajstić information content (AvgIpc) is 2.68. The molecule has 1 aliphatic heterocycles. The maximum Gasteiger partial charge on any atom is 0.248 e. The molecular formula is C23H22N2O3. The Morgan fingerprint density at radius 2 is 1.68 bits per heavy atom. The van der Waals surface area contributed by atoms with Crippen LogP contribution >= 0.6 is 0 Å². The number of hydrogen-bond acceptors (Lipinski definition) is 3. The number of amides is 2. The predicted octanol–water partition coefficient (Wildman–Crippen LogP) is 3.62. The van der Waals surface area contributed by atoms with Crippen LogP contribution in [0.3, 0.4) is 0 Å². The van der Waals surface area contributed by atoms with Crippen LogP contribution in [0.15, 0.2) is 59.8 Å². The number of primary amides is 1. The second-order valence-corrected chi connectivity index (χ2v) is 7.44. The van der Waals surface area contributed by atoms with Gasteiger partial charge in [0.25, 0.3) is 0 Å². The van der Waals surface area contributed by atoms with Crippen molar-refractivity contribution in [3.63, 3.8) is 0 Å². The number of carbonyl (C=O) groups excluding carboxylic acids is 3. The molecule has 142 valence electrons. The van der Waals surface area contributed by atoms with Crippen LogP contribution in [0.5, 0.6) is 0 Å². The van der Waals surface area contributed by atoms with Gasteiger partial charge in [-0.3, -0.25) is 19.3 Å². The Morgan fingerprint density at radius 1 is 1.00 bits per heavy atom. The quantitative estimate of drug-likeness (QED) is 0.891. The van der Waals surface area contributed by atoms with Crippen molar-refractivity contribution in [3.05, 3.63) is 76.5 Å². The van der Waals surface area contributed by atoms with Crippen LogP contribution in [-0.4, -0.2) is 17.6 Å². The van der Waals surface area contributed by atoms with Crippen molar-refractivity contribution in [2.75, 3.05) is 4.90 Å². The van der Waals surface area contributed by atoms with E-state index >= 15 is 0 Å². The summed E-state index contributed by atoms with van der Waals surface area (Å²) in [5.74, 6) is -0.621. The molecule has 4 rings (SSSR count). The molecule has 28 heavy (non-hydrogen) atoms. The Kier molecular flexibility index (Phi) is 4.59. The van der Waals surface area contributed by atoms with Gasteiger partial charge in [0, 0.05) is 41.3 Å². The van der Waals surface area contributed by atoms with Gasteiger partial charge in [-0.2, -0.15) is 0 Å². The van der Waals surface area contributed by atoms with E-state index in [9.17, 15) is 14.4 Å². The number of allylic oxidation sites excluding steroid dienone is 2. The normalized spacial score (nSPS) is 19.6. The number of Topliss-reactive ketones (excluding diaryl/α,β-unsaturated/α-hetero) is 1. The maximum absolute atomic E-state index is 13.1. The third-order valence-corrected chi connectivity index (χ3v) is 5.56. The van der Waals surface area contributed by atoms with Gasteiger partial charge in [-0.05, 0) is 49.6 Å². The van der Waals surface area contributed by atoms with E-state index in [1.807, 2.05) is 31.2 Å². The molecule has 1 atom stereocenters. The van der Waals surface area contributed by atoms with Gasteiger partial charge in [0.05, 0.1) is 0 Å². The largest absolute Gasteiger partial charge is 0.366 e. The molecule has 0 saturated heterocycles. The molecule has 0 fully saturated rings. The average molecular weight is 374 g/mol. The number of nitrogens with zero attached hydrogens (tertiary/aromatic N) is 1. The second-order valence-electron chi connectivity index (χ2n) is 7.44. The number of nitrogens with two attached hydrogens (primary N) is 1. The van der Waals surface area contributed by atoms with Gasteiger partial charge in [0.2, 0.25) is 11.8 Å². The minimum absolute atomic E-state index is 0.0362. The molecule has 2 amide bonds. The van der Waals surface area contributed by atoms with E-state index in [-0.39, 0.29) is 24.0 Å². The first-order valence-electron chi connectivity index (χ1n) is 9.51. The lowest BCUT2D eigenvalue weighted by Gasteiger charge is -2.38. The molecule has 0 aromatic heterocycles. The molecule has 0 saturated carbocycles. The lowest BCUT2D eigenvalue weighted by Crippen LogP contribution is -2.40. The topological polar surface area (TPSA) is 80.5 Å². The number of aryl methyl sites for hydroxylation is 1. The van der Waals surface area contributed by atoms with Crippen LogP contribution in [0.4, 0.5) is 5.69 Å². The summed E-state index contributed by atoms with van der Waals surface area (Å²) in [6.07, 6.45) is 2.20. The zero-order valence-electron chi connectivity index (χ0n) is 15.8. The third kappa shape index (κ3) is 3.13. The fourth-order valence-corrected chi connectivity index (χ4v) is 4.15. The summed E-state index contributed by atoms with van der Waals surface area (Å²) in [5, 5.41) is 0. The zero-order valence-corrected chi connectivity index (χ0v) is 15.8. The molecule has 5 nitrogen and oxygen atoms in total. The predicted molar refractivity (Wildman–Crippen MR) is 107 cm³/mol. The molecule has 0 radical (unpaired) electrons. The van der Waals surface area contributed by atoms with E-state index in [1.165, 1.54) is 0 Å². The van der Waals surface area contributed by atoms with Gasteiger partial charge in [-0.25, -0.2) is 0 Å². The smallest absolute Gasteiger partial charge is 0.248 e.